The van der Waals surface area contributed by atoms with Crippen LogP contribution in [0.2, 0.25) is 0 Å². The Labute approximate surface area is 221 Å². The molecular formula is C29H31N5O4. The Balaban J connectivity index is 1.40. The monoisotopic (exact) mass is 513 g/mol. The summed E-state index contributed by atoms with van der Waals surface area (Å²) in [6.45, 7) is 1.40. The van der Waals surface area contributed by atoms with E-state index in [-0.39, 0.29) is 24.0 Å². The molecule has 1 atom stereocenters. The molecule has 2 aromatic heterocycles. The van der Waals surface area contributed by atoms with Crippen LogP contribution in [0.5, 0.6) is 17.4 Å². The second kappa shape index (κ2) is 11.4. The summed E-state index contributed by atoms with van der Waals surface area (Å²) >= 11 is 0. The summed E-state index contributed by atoms with van der Waals surface area (Å²) in [4.78, 5) is 19.3. The van der Waals surface area contributed by atoms with Gasteiger partial charge in [0.25, 0.3) is 5.91 Å². The molecule has 1 N–H and O–H groups in total. The number of benzene rings is 2. The summed E-state index contributed by atoms with van der Waals surface area (Å²) in [5.41, 5.74) is 3.02. The van der Waals surface area contributed by atoms with Crippen molar-refractivity contribution in [1.29, 1.82) is 0 Å². The van der Waals surface area contributed by atoms with Crippen molar-refractivity contribution in [2.45, 2.75) is 38.4 Å². The minimum Gasteiger partial charge on any atom is -0.493 e. The Bertz CT molecular complexity index is 1450. The van der Waals surface area contributed by atoms with E-state index < -0.39 is 5.91 Å². The Morgan fingerprint density at radius 3 is 2.71 bits per heavy atom. The Kier molecular flexibility index (Phi) is 7.65. The SMILES string of the molecule is COc1ccc(CC(=O)N=Nc2c(O)n(CN3CCCC[C@@H]3c3cccnc3)c3ccccc23)cc1OC. The Morgan fingerprint density at radius 1 is 1.08 bits per heavy atom. The van der Waals surface area contributed by atoms with Gasteiger partial charge in [-0.25, -0.2) is 0 Å². The highest BCUT2D eigenvalue weighted by molar-refractivity contribution is 5.95. The first-order chi connectivity index (χ1) is 18.6. The van der Waals surface area contributed by atoms with Gasteiger partial charge in [0.15, 0.2) is 17.2 Å². The number of methoxy groups -OCH3 is 2. The van der Waals surface area contributed by atoms with E-state index >= 15 is 0 Å². The van der Waals surface area contributed by atoms with Gasteiger partial charge in [0.05, 0.1) is 32.8 Å². The number of piperidine rings is 1. The molecule has 196 valence electrons. The van der Waals surface area contributed by atoms with Crippen molar-refractivity contribution in [3.8, 4) is 17.4 Å². The van der Waals surface area contributed by atoms with Gasteiger partial charge in [0.1, 0.15) is 0 Å². The predicted octanol–water partition coefficient (Wildman–Crippen LogP) is 5.80. The molecule has 2 aromatic carbocycles. The number of nitrogens with zero attached hydrogens (tertiary/aromatic N) is 5. The van der Waals surface area contributed by atoms with Gasteiger partial charge < -0.3 is 14.6 Å². The van der Waals surface area contributed by atoms with Crippen LogP contribution in [0.3, 0.4) is 0 Å². The number of aromatic nitrogens is 2. The summed E-state index contributed by atoms with van der Waals surface area (Å²) < 4.78 is 12.4. The molecule has 0 radical (unpaired) electrons. The number of pyridine rings is 1. The lowest BCUT2D eigenvalue weighted by Crippen LogP contribution is -2.34. The Hall–Kier alpha value is -4.24. The fraction of sp³-hybridized carbons (Fsp3) is 0.310. The molecule has 0 bridgehead atoms. The molecule has 1 aliphatic heterocycles. The van der Waals surface area contributed by atoms with Gasteiger partial charge in [-0.15, -0.1) is 10.2 Å². The Morgan fingerprint density at radius 2 is 1.92 bits per heavy atom. The number of likely N-dealkylation sites (tertiary alicyclic amines) is 1. The number of fused-ring (bicyclic) bond motifs is 1. The number of aromatic hydroxyl groups is 1. The number of carbonyl (C=O) groups excluding carboxylic acids is 1. The molecule has 38 heavy (non-hydrogen) atoms. The van der Waals surface area contributed by atoms with E-state index in [0.717, 1.165) is 42.3 Å². The first-order valence-corrected chi connectivity index (χ1v) is 12.7. The summed E-state index contributed by atoms with van der Waals surface area (Å²) in [6.07, 6.45) is 7.02. The van der Waals surface area contributed by atoms with Crippen molar-refractivity contribution in [2.24, 2.45) is 10.2 Å². The van der Waals surface area contributed by atoms with E-state index in [1.807, 2.05) is 41.1 Å². The summed E-state index contributed by atoms with van der Waals surface area (Å²) in [5, 5.41) is 20.2. The number of azo groups is 1. The van der Waals surface area contributed by atoms with E-state index in [1.54, 1.807) is 38.6 Å². The second-order valence-corrected chi connectivity index (χ2v) is 9.33. The number of ether oxygens (including phenoxy) is 2. The van der Waals surface area contributed by atoms with E-state index in [9.17, 15) is 9.90 Å². The lowest BCUT2D eigenvalue weighted by atomic mass is 9.97. The van der Waals surface area contributed by atoms with Crippen LogP contribution in [0.15, 0.2) is 77.2 Å². The highest BCUT2D eigenvalue weighted by Gasteiger charge is 2.26. The lowest BCUT2D eigenvalue weighted by molar-refractivity contribution is -0.117. The smallest absolute Gasteiger partial charge is 0.269 e. The third-order valence-electron chi connectivity index (χ3n) is 6.99. The standard InChI is InChI=1S/C29H31N5O4/c1-37-25-13-12-20(16-26(25)38-2)17-27(35)31-32-28-22-9-3-4-11-24(22)34(29(28)36)19-33-15-6-5-10-23(33)21-8-7-14-30-18-21/h3-4,7-9,11-14,16,18,23,36H,5-6,10,15,17,19H2,1-2H3/t23-/m1/s1. The molecule has 5 rings (SSSR count). The molecule has 0 aliphatic carbocycles. The number of hydrogen-bond acceptors (Lipinski definition) is 7. The van der Waals surface area contributed by atoms with Crippen molar-refractivity contribution in [3.63, 3.8) is 0 Å². The molecule has 0 spiro atoms. The number of amides is 1. The van der Waals surface area contributed by atoms with Crippen LogP contribution in [0.4, 0.5) is 5.69 Å². The molecule has 3 heterocycles. The van der Waals surface area contributed by atoms with Crippen molar-refractivity contribution in [2.75, 3.05) is 20.8 Å². The molecule has 1 saturated heterocycles. The van der Waals surface area contributed by atoms with Crippen molar-refractivity contribution >= 4 is 22.5 Å². The van der Waals surface area contributed by atoms with Crippen molar-refractivity contribution in [3.05, 3.63) is 78.1 Å². The van der Waals surface area contributed by atoms with E-state index in [4.69, 9.17) is 9.47 Å². The number of hydrogen-bond donors (Lipinski definition) is 1. The average molecular weight is 514 g/mol. The fourth-order valence-electron chi connectivity index (χ4n) is 5.11. The third-order valence-corrected chi connectivity index (χ3v) is 6.99. The highest BCUT2D eigenvalue weighted by atomic mass is 16.5. The van der Waals surface area contributed by atoms with Crippen LogP contribution in [0.1, 0.15) is 36.4 Å². The molecule has 1 aliphatic rings. The molecule has 9 heteroatoms. The first kappa shape index (κ1) is 25.4. The number of carbonyl (C=O) groups is 1. The van der Waals surface area contributed by atoms with Gasteiger partial charge in [-0.3, -0.25) is 19.2 Å². The van der Waals surface area contributed by atoms with E-state index in [1.165, 1.54) is 5.56 Å². The van der Waals surface area contributed by atoms with Gasteiger partial charge in [0.2, 0.25) is 5.88 Å². The van der Waals surface area contributed by atoms with Crippen LogP contribution < -0.4 is 9.47 Å². The van der Waals surface area contributed by atoms with Gasteiger partial charge >= 0.3 is 0 Å². The quantitative estimate of drug-likeness (QED) is 0.299. The zero-order valence-corrected chi connectivity index (χ0v) is 21.6. The fourth-order valence-corrected chi connectivity index (χ4v) is 5.11. The highest BCUT2D eigenvalue weighted by Crippen LogP contribution is 2.40. The summed E-state index contributed by atoms with van der Waals surface area (Å²) in [6, 6.07) is 17.2. The third kappa shape index (κ3) is 5.24. The summed E-state index contributed by atoms with van der Waals surface area (Å²) in [5.74, 6) is 0.686. The average Bonchev–Trinajstić information content (AvgIpc) is 3.22. The second-order valence-electron chi connectivity index (χ2n) is 9.33. The molecule has 4 aromatic rings. The predicted molar refractivity (Wildman–Crippen MR) is 144 cm³/mol. The lowest BCUT2D eigenvalue weighted by Gasteiger charge is -2.36. The van der Waals surface area contributed by atoms with Crippen LogP contribution in [0.25, 0.3) is 10.9 Å². The number of para-hydroxylation sites is 1. The molecule has 1 fully saturated rings. The van der Waals surface area contributed by atoms with Gasteiger partial charge in [-0.05, 0) is 48.2 Å². The molecular weight excluding hydrogens is 482 g/mol. The van der Waals surface area contributed by atoms with E-state index in [2.05, 4.69) is 26.2 Å². The van der Waals surface area contributed by atoms with Gasteiger partial charge in [-0.2, -0.15) is 0 Å². The number of rotatable bonds is 8. The van der Waals surface area contributed by atoms with Crippen LogP contribution >= 0.6 is 0 Å². The minimum atomic E-state index is -0.430. The van der Waals surface area contributed by atoms with Gasteiger partial charge in [-0.1, -0.05) is 36.8 Å². The zero-order valence-electron chi connectivity index (χ0n) is 21.6. The van der Waals surface area contributed by atoms with Crippen molar-refractivity contribution in [1.82, 2.24) is 14.5 Å². The minimum absolute atomic E-state index is 0.00984. The maximum Gasteiger partial charge on any atom is 0.269 e. The molecule has 0 unspecified atom stereocenters. The maximum absolute atomic E-state index is 12.7. The van der Waals surface area contributed by atoms with Crippen LogP contribution in [-0.4, -0.2) is 46.2 Å². The summed E-state index contributed by atoms with van der Waals surface area (Å²) in [7, 11) is 3.11. The normalized spacial score (nSPS) is 16.2. The maximum atomic E-state index is 12.7. The van der Waals surface area contributed by atoms with Gasteiger partial charge in [0, 0.05) is 30.4 Å². The zero-order chi connectivity index (χ0) is 26.5. The van der Waals surface area contributed by atoms with Crippen LogP contribution in [-0.2, 0) is 17.9 Å². The van der Waals surface area contributed by atoms with Crippen molar-refractivity contribution < 1.29 is 19.4 Å². The molecule has 0 saturated carbocycles. The van der Waals surface area contributed by atoms with Crippen LogP contribution in [0, 0.1) is 0 Å². The largest absolute Gasteiger partial charge is 0.493 e. The molecule has 9 nitrogen and oxygen atoms in total. The first-order valence-electron chi connectivity index (χ1n) is 12.7. The molecule has 1 amide bonds. The van der Waals surface area contributed by atoms with E-state index in [0.29, 0.717) is 18.2 Å². The topological polar surface area (TPSA) is 102 Å².